The molecule has 0 aliphatic heterocycles. The number of hydrogen-bond donors (Lipinski definition) is 0. The Morgan fingerprint density at radius 3 is 2.48 bits per heavy atom. The lowest BCUT2D eigenvalue weighted by Crippen LogP contribution is -2.52. The second-order valence-corrected chi connectivity index (χ2v) is 11.6. The molecule has 7 rings (SSSR count). The number of aryl methyl sites for hydroxylation is 2. The van der Waals surface area contributed by atoms with Gasteiger partial charge >= 0.3 is 0 Å². The van der Waals surface area contributed by atoms with E-state index in [1.807, 2.05) is 17.6 Å². The van der Waals surface area contributed by atoms with Crippen LogP contribution in [0.2, 0.25) is 0 Å². The minimum Gasteiger partial charge on any atom is -0.380 e. The van der Waals surface area contributed by atoms with E-state index in [-0.39, 0.29) is 11.2 Å². The Balaban J connectivity index is 1.32. The first kappa shape index (κ1) is 21.7. The largest absolute Gasteiger partial charge is 0.380 e. The van der Waals surface area contributed by atoms with Gasteiger partial charge in [-0.25, -0.2) is 9.97 Å². The second-order valence-electron chi connectivity index (χ2n) is 10.6. The summed E-state index contributed by atoms with van der Waals surface area (Å²) in [5, 5.41) is 0.964. The van der Waals surface area contributed by atoms with E-state index in [1.54, 1.807) is 7.11 Å². The van der Waals surface area contributed by atoms with E-state index in [0.717, 1.165) is 50.6 Å². The molecule has 3 aromatic rings. The lowest BCUT2D eigenvalue weighted by molar-refractivity contribution is -0.163. The van der Waals surface area contributed by atoms with Crippen molar-refractivity contribution in [2.24, 2.45) is 17.8 Å². The first-order valence-corrected chi connectivity index (χ1v) is 13.3. The Morgan fingerprint density at radius 1 is 1.15 bits per heavy atom. The van der Waals surface area contributed by atoms with Crippen molar-refractivity contribution < 1.29 is 9.47 Å². The third kappa shape index (κ3) is 3.63. The van der Waals surface area contributed by atoms with Crippen molar-refractivity contribution in [3.63, 3.8) is 0 Å². The number of rotatable bonds is 7. The summed E-state index contributed by atoms with van der Waals surface area (Å²) < 4.78 is 14.6. The van der Waals surface area contributed by atoms with Gasteiger partial charge in [-0.05, 0) is 74.8 Å². The fourth-order valence-electron chi connectivity index (χ4n) is 7.31. The molecule has 4 aliphatic rings. The van der Waals surface area contributed by atoms with Gasteiger partial charge in [0.15, 0.2) is 0 Å². The lowest BCUT2D eigenvalue weighted by Gasteiger charge is -2.56. The number of aromatic nitrogens is 3. The quantitative estimate of drug-likeness (QED) is 0.489. The number of fused-ring (bicyclic) bond motifs is 3. The molecule has 4 aliphatic carbocycles. The van der Waals surface area contributed by atoms with Crippen LogP contribution in [-0.4, -0.2) is 33.9 Å². The summed E-state index contributed by atoms with van der Waals surface area (Å²) in [7, 11) is 1.69. The first-order chi connectivity index (χ1) is 16.0. The van der Waals surface area contributed by atoms with Crippen LogP contribution in [-0.2, 0) is 29.0 Å². The number of methoxy groups -OCH3 is 1. The molecular formula is C26H33N3O3S. The molecule has 33 heavy (non-hydrogen) atoms. The van der Waals surface area contributed by atoms with Gasteiger partial charge in [-0.2, -0.15) is 0 Å². The molecule has 0 atom stereocenters. The molecule has 176 valence electrons. The summed E-state index contributed by atoms with van der Waals surface area (Å²) in [6.45, 7) is 5.68. The Bertz CT molecular complexity index is 1240. The van der Waals surface area contributed by atoms with Gasteiger partial charge in [0, 0.05) is 24.6 Å². The van der Waals surface area contributed by atoms with Gasteiger partial charge in [0.1, 0.15) is 15.4 Å². The third-order valence-electron chi connectivity index (χ3n) is 8.16. The number of pyridine rings is 1. The van der Waals surface area contributed by atoms with Crippen molar-refractivity contribution in [3.05, 3.63) is 33.5 Å². The van der Waals surface area contributed by atoms with Crippen molar-refractivity contribution in [1.29, 1.82) is 0 Å². The lowest BCUT2D eigenvalue weighted by atomic mass is 9.54. The smallest absolute Gasteiger partial charge is 0.271 e. The van der Waals surface area contributed by atoms with E-state index in [9.17, 15) is 4.79 Å². The molecule has 4 fully saturated rings. The van der Waals surface area contributed by atoms with Crippen molar-refractivity contribution in [2.75, 3.05) is 13.7 Å². The van der Waals surface area contributed by atoms with Crippen LogP contribution in [0.25, 0.3) is 20.4 Å². The van der Waals surface area contributed by atoms with E-state index in [0.29, 0.717) is 30.9 Å². The molecule has 3 heterocycles. The highest BCUT2D eigenvalue weighted by atomic mass is 32.1. The Labute approximate surface area is 198 Å². The average molecular weight is 468 g/mol. The second kappa shape index (κ2) is 8.14. The molecule has 0 unspecified atom stereocenters. The van der Waals surface area contributed by atoms with Crippen molar-refractivity contribution in [2.45, 2.75) is 77.5 Å². The van der Waals surface area contributed by atoms with Gasteiger partial charge in [0.05, 0.1) is 30.9 Å². The maximum Gasteiger partial charge on any atom is 0.271 e. The molecule has 3 aromatic heterocycles. The summed E-state index contributed by atoms with van der Waals surface area (Å²) >= 11 is 1.45. The zero-order valence-electron chi connectivity index (χ0n) is 19.9. The SMILES string of the molecule is CCc1nc2c(sc3nc(C)cc(COC)c32)c(=O)n1CCOC12CC3CC(CC(C3)C1)C2. The van der Waals surface area contributed by atoms with Crippen LogP contribution in [0, 0.1) is 24.7 Å². The van der Waals surface area contributed by atoms with Crippen molar-refractivity contribution in [1.82, 2.24) is 14.5 Å². The Morgan fingerprint density at radius 2 is 1.85 bits per heavy atom. The van der Waals surface area contributed by atoms with E-state index in [1.165, 1.54) is 49.9 Å². The summed E-state index contributed by atoms with van der Waals surface area (Å²) in [6, 6.07) is 2.04. The molecule has 6 nitrogen and oxygen atoms in total. The van der Waals surface area contributed by atoms with Gasteiger partial charge in [-0.15, -0.1) is 11.3 Å². The zero-order chi connectivity index (χ0) is 22.7. The van der Waals surface area contributed by atoms with Crippen LogP contribution < -0.4 is 5.56 Å². The predicted molar refractivity (Wildman–Crippen MR) is 131 cm³/mol. The highest BCUT2D eigenvalue weighted by molar-refractivity contribution is 7.25. The van der Waals surface area contributed by atoms with E-state index >= 15 is 0 Å². The minimum atomic E-state index is 0.0370. The monoisotopic (exact) mass is 467 g/mol. The van der Waals surface area contributed by atoms with Crippen LogP contribution in [0.4, 0.5) is 0 Å². The van der Waals surface area contributed by atoms with Gasteiger partial charge in [-0.1, -0.05) is 6.92 Å². The van der Waals surface area contributed by atoms with Crippen LogP contribution in [0.3, 0.4) is 0 Å². The molecule has 0 N–H and O–H groups in total. The zero-order valence-corrected chi connectivity index (χ0v) is 20.7. The van der Waals surface area contributed by atoms with E-state index < -0.39 is 0 Å². The highest BCUT2D eigenvalue weighted by Crippen LogP contribution is 2.57. The number of thiophene rings is 1. The van der Waals surface area contributed by atoms with Crippen LogP contribution in [0.15, 0.2) is 10.9 Å². The van der Waals surface area contributed by atoms with Crippen molar-refractivity contribution >= 4 is 31.8 Å². The number of ether oxygens (including phenoxy) is 2. The van der Waals surface area contributed by atoms with Crippen molar-refractivity contribution in [3.8, 4) is 0 Å². The van der Waals surface area contributed by atoms with E-state index in [4.69, 9.17) is 19.4 Å². The summed E-state index contributed by atoms with van der Waals surface area (Å²) in [4.78, 5) is 24.2. The fraction of sp³-hybridized carbons (Fsp3) is 0.654. The standard InChI is InChI=1S/C26H33N3O3S/c1-4-20-28-22-21-19(14-31-3)7-15(2)27-24(21)33-23(22)25(30)29(20)5-6-32-26-11-16-8-17(12-26)10-18(9-16)13-26/h7,16-18H,4-6,8-14H2,1-3H3. The van der Waals surface area contributed by atoms with Crippen LogP contribution in [0.1, 0.15) is 62.5 Å². The normalized spacial score (nSPS) is 28.4. The van der Waals surface area contributed by atoms with Gasteiger partial charge < -0.3 is 9.47 Å². The molecule has 0 radical (unpaired) electrons. The topological polar surface area (TPSA) is 66.2 Å². The van der Waals surface area contributed by atoms with Gasteiger partial charge in [0.25, 0.3) is 5.56 Å². The Kier molecular flexibility index (Phi) is 5.35. The minimum absolute atomic E-state index is 0.0370. The molecule has 4 bridgehead atoms. The number of nitrogens with zero attached hydrogens (tertiary/aromatic N) is 3. The first-order valence-electron chi connectivity index (χ1n) is 12.4. The van der Waals surface area contributed by atoms with Crippen LogP contribution in [0.5, 0.6) is 0 Å². The fourth-order valence-corrected chi connectivity index (χ4v) is 8.46. The summed E-state index contributed by atoms with van der Waals surface area (Å²) in [5.74, 6) is 3.40. The maximum absolute atomic E-state index is 13.6. The average Bonchev–Trinajstić information content (AvgIpc) is 3.13. The van der Waals surface area contributed by atoms with Crippen LogP contribution >= 0.6 is 11.3 Å². The molecule has 0 amide bonds. The predicted octanol–water partition coefficient (Wildman–Crippen LogP) is 5.01. The molecular weight excluding hydrogens is 434 g/mol. The molecule has 0 aromatic carbocycles. The molecule has 0 saturated heterocycles. The highest BCUT2D eigenvalue weighted by Gasteiger charge is 2.51. The maximum atomic E-state index is 13.6. The van der Waals surface area contributed by atoms with Gasteiger partial charge in [0.2, 0.25) is 0 Å². The van der Waals surface area contributed by atoms with Gasteiger partial charge in [-0.3, -0.25) is 9.36 Å². The Hall–Kier alpha value is -1.83. The summed E-state index contributed by atoms with van der Waals surface area (Å²) in [5.41, 5.74) is 2.85. The molecule has 4 saturated carbocycles. The molecule has 0 spiro atoms. The summed E-state index contributed by atoms with van der Waals surface area (Å²) in [6.07, 6.45) is 8.59. The number of hydrogen-bond acceptors (Lipinski definition) is 6. The van der Waals surface area contributed by atoms with E-state index in [2.05, 4.69) is 6.92 Å². The third-order valence-corrected chi connectivity index (χ3v) is 9.22. The molecule has 7 heteroatoms.